The number of halogens is 1. The first-order chi connectivity index (χ1) is 9.37. The molecule has 3 rings (SSSR count). The SMILES string of the molecule is Cn1cc(C(=O)C2CCS(=O)(=O)C2)c2ccc(Cl)cc21. The highest BCUT2D eigenvalue weighted by molar-refractivity contribution is 7.91. The number of carbonyl (C=O) groups is 1. The number of hydrogen-bond donors (Lipinski definition) is 0. The number of sulfone groups is 1. The quantitative estimate of drug-likeness (QED) is 0.801. The van der Waals surface area contributed by atoms with Crippen LogP contribution in [0.3, 0.4) is 0 Å². The number of Topliss-reactive ketones (excluding diaryl/α,β-unsaturated/α-hetero) is 1. The molecule has 1 aliphatic rings. The Morgan fingerprint density at radius 3 is 2.80 bits per heavy atom. The van der Waals surface area contributed by atoms with Crippen LogP contribution in [0.1, 0.15) is 16.8 Å². The topological polar surface area (TPSA) is 56.1 Å². The molecule has 0 spiro atoms. The zero-order chi connectivity index (χ0) is 14.5. The molecule has 1 aromatic heterocycles. The molecule has 20 heavy (non-hydrogen) atoms. The summed E-state index contributed by atoms with van der Waals surface area (Å²) >= 11 is 5.97. The molecule has 2 heterocycles. The van der Waals surface area contributed by atoms with Crippen molar-refractivity contribution in [3.8, 4) is 0 Å². The van der Waals surface area contributed by atoms with Crippen LogP contribution < -0.4 is 0 Å². The third-order valence-corrected chi connectivity index (χ3v) is 5.82. The van der Waals surface area contributed by atoms with E-state index in [1.807, 2.05) is 17.7 Å². The third-order valence-electron chi connectivity index (χ3n) is 3.82. The maximum absolute atomic E-state index is 12.5. The van der Waals surface area contributed by atoms with Gasteiger partial charge in [0.05, 0.1) is 11.5 Å². The van der Waals surface area contributed by atoms with E-state index in [0.29, 0.717) is 17.0 Å². The molecule has 1 unspecified atom stereocenters. The molecule has 1 atom stereocenters. The van der Waals surface area contributed by atoms with Gasteiger partial charge in [-0.25, -0.2) is 8.42 Å². The zero-order valence-corrected chi connectivity index (χ0v) is 12.5. The Kier molecular flexibility index (Phi) is 3.14. The monoisotopic (exact) mass is 311 g/mol. The van der Waals surface area contributed by atoms with Crippen molar-refractivity contribution < 1.29 is 13.2 Å². The molecule has 6 heteroatoms. The van der Waals surface area contributed by atoms with Gasteiger partial charge in [0, 0.05) is 40.7 Å². The molecule has 1 saturated heterocycles. The second kappa shape index (κ2) is 4.60. The minimum atomic E-state index is -3.05. The predicted molar refractivity (Wildman–Crippen MR) is 79.0 cm³/mol. The summed E-state index contributed by atoms with van der Waals surface area (Å²) in [4.78, 5) is 12.5. The Balaban J connectivity index is 2.05. The summed E-state index contributed by atoms with van der Waals surface area (Å²) in [7, 11) is -1.20. The summed E-state index contributed by atoms with van der Waals surface area (Å²) < 4.78 is 24.9. The van der Waals surface area contributed by atoms with Crippen molar-refractivity contribution in [2.45, 2.75) is 6.42 Å². The highest BCUT2D eigenvalue weighted by Gasteiger charge is 2.34. The van der Waals surface area contributed by atoms with Crippen molar-refractivity contribution in [3.63, 3.8) is 0 Å². The van der Waals surface area contributed by atoms with Gasteiger partial charge in [0.25, 0.3) is 0 Å². The lowest BCUT2D eigenvalue weighted by Crippen LogP contribution is -2.16. The van der Waals surface area contributed by atoms with Gasteiger partial charge in [-0.2, -0.15) is 0 Å². The number of ketones is 1. The molecule has 0 saturated carbocycles. The largest absolute Gasteiger partial charge is 0.350 e. The van der Waals surface area contributed by atoms with Crippen molar-refractivity contribution in [2.24, 2.45) is 13.0 Å². The number of aryl methyl sites for hydroxylation is 1. The number of nitrogens with zero attached hydrogens (tertiary/aromatic N) is 1. The molecule has 4 nitrogen and oxygen atoms in total. The molecule has 0 radical (unpaired) electrons. The average molecular weight is 312 g/mol. The first kappa shape index (κ1) is 13.6. The van der Waals surface area contributed by atoms with Crippen LogP contribution in [0.4, 0.5) is 0 Å². The van der Waals surface area contributed by atoms with Gasteiger partial charge in [-0.1, -0.05) is 17.7 Å². The van der Waals surface area contributed by atoms with Gasteiger partial charge in [0.15, 0.2) is 15.6 Å². The van der Waals surface area contributed by atoms with Gasteiger partial charge >= 0.3 is 0 Å². The van der Waals surface area contributed by atoms with E-state index in [0.717, 1.165) is 10.9 Å². The number of hydrogen-bond acceptors (Lipinski definition) is 3. The van der Waals surface area contributed by atoms with Crippen molar-refractivity contribution >= 4 is 38.1 Å². The number of benzene rings is 1. The van der Waals surface area contributed by atoms with Crippen LogP contribution in [0.5, 0.6) is 0 Å². The zero-order valence-electron chi connectivity index (χ0n) is 11.0. The molecule has 0 N–H and O–H groups in total. The molecule has 2 aromatic rings. The van der Waals surface area contributed by atoms with Crippen molar-refractivity contribution in [3.05, 3.63) is 35.0 Å². The van der Waals surface area contributed by atoms with Crippen LogP contribution in [-0.4, -0.2) is 30.3 Å². The van der Waals surface area contributed by atoms with Gasteiger partial charge in [-0.15, -0.1) is 0 Å². The highest BCUT2D eigenvalue weighted by Crippen LogP contribution is 2.29. The van der Waals surface area contributed by atoms with Crippen molar-refractivity contribution in [1.29, 1.82) is 0 Å². The second-order valence-electron chi connectivity index (χ2n) is 5.28. The molecule has 1 aliphatic heterocycles. The summed E-state index contributed by atoms with van der Waals surface area (Å²) in [6, 6.07) is 5.36. The Bertz CT molecular complexity index is 807. The van der Waals surface area contributed by atoms with Gasteiger partial charge in [0.1, 0.15) is 0 Å². The van der Waals surface area contributed by atoms with E-state index in [9.17, 15) is 13.2 Å². The molecule has 0 bridgehead atoms. The molecular formula is C14H14ClNO3S. The summed E-state index contributed by atoms with van der Waals surface area (Å²) in [5.41, 5.74) is 1.46. The van der Waals surface area contributed by atoms with Gasteiger partial charge in [-0.3, -0.25) is 4.79 Å². The van der Waals surface area contributed by atoms with E-state index >= 15 is 0 Å². The summed E-state index contributed by atoms with van der Waals surface area (Å²) in [5.74, 6) is -0.421. The fourth-order valence-electron chi connectivity index (χ4n) is 2.78. The van der Waals surface area contributed by atoms with Crippen LogP contribution in [0, 0.1) is 5.92 Å². The number of aromatic nitrogens is 1. The lowest BCUT2D eigenvalue weighted by atomic mass is 9.97. The Morgan fingerprint density at radius 1 is 1.40 bits per heavy atom. The molecular weight excluding hydrogens is 298 g/mol. The van der Waals surface area contributed by atoms with Crippen LogP contribution in [0.25, 0.3) is 10.9 Å². The molecule has 0 aliphatic carbocycles. The molecule has 1 fully saturated rings. The molecule has 1 aromatic carbocycles. The van der Waals surface area contributed by atoms with Gasteiger partial charge in [-0.05, 0) is 18.6 Å². The van der Waals surface area contributed by atoms with Crippen LogP contribution in [0.2, 0.25) is 5.02 Å². The normalized spacial score (nSPS) is 21.4. The van der Waals surface area contributed by atoms with E-state index in [1.165, 1.54) is 0 Å². The van der Waals surface area contributed by atoms with E-state index < -0.39 is 15.8 Å². The second-order valence-corrected chi connectivity index (χ2v) is 7.94. The van der Waals surface area contributed by atoms with Crippen LogP contribution in [0.15, 0.2) is 24.4 Å². The number of fused-ring (bicyclic) bond motifs is 1. The lowest BCUT2D eigenvalue weighted by Gasteiger charge is -2.05. The Morgan fingerprint density at radius 2 is 2.15 bits per heavy atom. The Labute approximate surface area is 122 Å². The van der Waals surface area contributed by atoms with Crippen LogP contribution in [-0.2, 0) is 16.9 Å². The summed E-state index contributed by atoms with van der Waals surface area (Å²) in [6.07, 6.45) is 2.18. The minimum absolute atomic E-state index is 0.0319. The summed E-state index contributed by atoms with van der Waals surface area (Å²) in [6.45, 7) is 0. The molecule has 106 valence electrons. The number of carbonyl (C=O) groups excluding carboxylic acids is 1. The summed E-state index contributed by atoms with van der Waals surface area (Å²) in [5, 5.41) is 1.44. The fourth-order valence-corrected chi connectivity index (χ4v) is 4.68. The van der Waals surface area contributed by atoms with E-state index in [2.05, 4.69) is 0 Å². The smallest absolute Gasteiger partial charge is 0.169 e. The maximum atomic E-state index is 12.5. The lowest BCUT2D eigenvalue weighted by molar-refractivity contribution is 0.0935. The highest BCUT2D eigenvalue weighted by atomic mass is 35.5. The first-order valence-corrected chi connectivity index (χ1v) is 8.56. The number of rotatable bonds is 2. The van der Waals surface area contributed by atoms with Crippen molar-refractivity contribution in [2.75, 3.05) is 11.5 Å². The standard InChI is InChI=1S/C14H14ClNO3S/c1-16-7-12(11-3-2-10(15)6-13(11)16)14(17)9-4-5-20(18,19)8-9/h2-3,6-7,9H,4-5,8H2,1H3. The Hall–Kier alpha value is -1.33. The van der Waals surface area contributed by atoms with Gasteiger partial charge in [0.2, 0.25) is 0 Å². The van der Waals surface area contributed by atoms with E-state index in [4.69, 9.17) is 11.6 Å². The van der Waals surface area contributed by atoms with E-state index in [-0.39, 0.29) is 17.3 Å². The van der Waals surface area contributed by atoms with E-state index in [1.54, 1.807) is 18.3 Å². The minimum Gasteiger partial charge on any atom is -0.350 e. The maximum Gasteiger partial charge on any atom is 0.169 e. The average Bonchev–Trinajstić information content (AvgIpc) is 2.90. The van der Waals surface area contributed by atoms with Gasteiger partial charge < -0.3 is 4.57 Å². The molecule has 0 amide bonds. The predicted octanol–water partition coefficient (Wildman–Crippen LogP) is 2.45. The third kappa shape index (κ3) is 2.25. The first-order valence-electron chi connectivity index (χ1n) is 6.36. The van der Waals surface area contributed by atoms with Crippen LogP contribution >= 0.6 is 11.6 Å². The van der Waals surface area contributed by atoms with Crippen molar-refractivity contribution in [1.82, 2.24) is 4.57 Å². The fraction of sp³-hybridized carbons (Fsp3) is 0.357.